The summed E-state index contributed by atoms with van der Waals surface area (Å²) in [4.78, 5) is 20.5. The van der Waals surface area contributed by atoms with E-state index in [1.807, 2.05) is 9.80 Å². The maximum absolute atomic E-state index is 12.9. The van der Waals surface area contributed by atoms with Crippen LogP contribution in [0.4, 0.5) is 27.8 Å². The lowest BCUT2D eigenvalue weighted by Gasteiger charge is -2.39. The highest BCUT2D eigenvalue weighted by Crippen LogP contribution is 2.43. The Morgan fingerprint density at radius 3 is 2.65 bits per heavy atom. The van der Waals surface area contributed by atoms with Crippen molar-refractivity contribution in [2.24, 2.45) is 5.41 Å². The fourth-order valence-corrected chi connectivity index (χ4v) is 5.00. The normalized spacial score (nSPS) is 20.4. The quantitative estimate of drug-likeness (QED) is 0.464. The van der Waals surface area contributed by atoms with Gasteiger partial charge in [0, 0.05) is 32.4 Å². The molecule has 2 aliphatic heterocycles. The minimum Gasteiger partial charge on any atom is -0.454 e. The molecule has 5 rings (SSSR count). The molecule has 1 spiro atoms. The zero-order valence-corrected chi connectivity index (χ0v) is 19.7. The Labute approximate surface area is 208 Å². The van der Waals surface area contributed by atoms with Gasteiger partial charge in [0.2, 0.25) is 0 Å². The molecule has 5 heterocycles. The third-order valence-electron chi connectivity index (χ3n) is 6.79. The van der Waals surface area contributed by atoms with Crippen LogP contribution in [-0.2, 0) is 13.1 Å². The van der Waals surface area contributed by atoms with Crippen LogP contribution in [0.15, 0.2) is 24.7 Å². The van der Waals surface area contributed by atoms with Crippen LogP contribution >= 0.6 is 0 Å². The van der Waals surface area contributed by atoms with Gasteiger partial charge in [0.1, 0.15) is 24.1 Å². The average molecular weight is 528 g/mol. The minimum atomic E-state index is -4.49. The van der Waals surface area contributed by atoms with Gasteiger partial charge in [-0.2, -0.15) is 23.3 Å². The van der Waals surface area contributed by atoms with E-state index in [1.54, 1.807) is 12.3 Å². The van der Waals surface area contributed by atoms with Gasteiger partial charge in [-0.15, -0.1) is 0 Å². The topological polar surface area (TPSA) is 105 Å². The summed E-state index contributed by atoms with van der Waals surface area (Å²) >= 11 is 0. The second-order valence-electron chi connectivity index (χ2n) is 9.47. The zero-order valence-electron chi connectivity index (χ0n) is 19.7. The summed E-state index contributed by atoms with van der Waals surface area (Å²) in [7, 11) is 0. The standard InChI is InChI=1S/C22H25F5N8O2/c23-16(24)11-35-19-15(8-30-35)29-9-17(32-19)33-5-2-21(3-6-33)7-18(36)34(12-21)10-14-1-4-28-20(31-14)37-13-22(25,26)27/h1,4,8-9,16,18,36H,2-3,5-7,10-13H2. The number of ether oxygens (including phenoxy) is 1. The summed E-state index contributed by atoms with van der Waals surface area (Å²) in [5.41, 5.74) is 1.06. The highest BCUT2D eigenvalue weighted by Gasteiger charge is 2.45. The van der Waals surface area contributed by atoms with Crippen molar-refractivity contribution in [2.75, 3.05) is 31.1 Å². The minimum absolute atomic E-state index is 0.145. The van der Waals surface area contributed by atoms with E-state index in [1.165, 1.54) is 12.4 Å². The zero-order chi connectivity index (χ0) is 26.2. The summed E-state index contributed by atoms with van der Waals surface area (Å²) in [6.07, 6.45) is -1.33. The van der Waals surface area contributed by atoms with Crippen molar-refractivity contribution >= 4 is 17.0 Å². The van der Waals surface area contributed by atoms with Gasteiger partial charge in [-0.05, 0) is 30.7 Å². The lowest BCUT2D eigenvalue weighted by Crippen LogP contribution is -2.42. The number of piperidine rings is 1. The molecule has 2 saturated heterocycles. The van der Waals surface area contributed by atoms with E-state index in [2.05, 4.69) is 29.8 Å². The Bertz CT molecular complexity index is 1230. The smallest absolute Gasteiger partial charge is 0.422 e. The van der Waals surface area contributed by atoms with Crippen molar-refractivity contribution < 1.29 is 31.8 Å². The monoisotopic (exact) mass is 528 g/mol. The molecule has 15 heteroatoms. The molecule has 200 valence electrons. The number of hydrogen-bond donors (Lipinski definition) is 1. The number of nitrogens with zero attached hydrogens (tertiary/aromatic N) is 8. The number of aliphatic hydroxyl groups is 1. The summed E-state index contributed by atoms with van der Waals surface area (Å²) in [6, 6.07) is 1.22. The number of aromatic nitrogens is 6. The Morgan fingerprint density at radius 2 is 1.92 bits per heavy atom. The van der Waals surface area contributed by atoms with E-state index in [9.17, 15) is 27.1 Å². The van der Waals surface area contributed by atoms with Crippen LogP contribution < -0.4 is 9.64 Å². The molecule has 2 fully saturated rings. The summed E-state index contributed by atoms with van der Waals surface area (Å²) < 4.78 is 68.7. The maximum Gasteiger partial charge on any atom is 0.422 e. The average Bonchev–Trinajstić information content (AvgIpc) is 3.37. The van der Waals surface area contributed by atoms with Gasteiger partial charge in [0.15, 0.2) is 12.3 Å². The molecule has 3 aromatic rings. The Kier molecular flexibility index (Phi) is 6.83. The van der Waals surface area contributed by atoms with Gasteiger partial charge < -0.3 is 14.7 Å². The molecule has 10 nitrogen and oxygen atoms in total. The van der Waals surface area contributed by atoms with Gasteiger partial charge in [0.05, 0.1) is 18.1 Å². The molecule has 1 N–H and O–H groups in total. The van der Waals surface area contributed by atoms with E-state index in [0.29, 0.717) is 48.7 Å². The lowest BCUT2D eigenvalue weighted by atomic mass is 9.77. The molecule has 1 unspecified atom stereocenters. The van der Waals surface area contributed by atoms with E-state index in [-0.39, 0.29) is 18.0 Å². The third-order valence-corrected chi connectivity index (χ3v) is 6.79. The number of alkyl halides is 5. The van der Waals surface area contributed by atoms with Crippen LogP contribution in [0.3, 0.4) is 0 Å². The molecule has 0 aliphatic carbocycles. The SMILES string of the molecule is OC1CC2(CCN(c3cnc4cnn(CC(F)F)c4n3)CC2)CN1Cc1ccnc(OCC(F)(F)F)n1. The first-order valence-electron chi connectivity index (χ1n) is 11.7. The van der Waals surface area contributed by atoms with Crippen LogP contribution in [0.25, 0.3) is 11.2 Å². The first kappa shape index (κ1) is 25.4. The summed E-state index contributed by atoms with van der Waals surface area (Å²) in [6.45, 7) is 0.0960. The lowest BCUT2D eigenvalue weighted by molar-refractivity contribution is -0.154. The van der Waals surface area contributed by atoms with Crippen LogP contribution in [0.5, 0.6) is 6.01 Å². The molecule has 1 atom stereocenters. The molecule has 37 heavy (non-hydrogen) atoms. The first-order chi connectivity index (χ1) is 17.6. The Hall–Kier alpha value is -3.20. The van der Waals surface area contributed by atoms with Crippen LogP contribution in [0.2, 0.25) is 0 Å². The second kappa shape index (κ2) is 9.93. The fraction of sp³-hybridized carbons (Fsp3) is 0.591. The Morgan fingerprint density at radius 1 is 1.14 bits per heavy atom. The predicted molar refractivity (Wildman–Crippen MR) is 120 cm³/mol. The number of fused-ring (bicyclic) bond motifs is 1. The molecule has 2 aliphatic rings. The molecule has 0 aromatic carbocycles. The van der Waals surface area contributed by atoms with Gasteiger partial charge in [-0.3, -0.25) is 4.90 Å². The van der Waals surface area contributed by atoms with E-state index in [4.69, 9.17) is 0 Å². The molecule has 3 aromatic heterocycles. The van der Waals surface area contributed by atoms with E-state index < -0.39 is 32.0 Å². The molecular formula is C22H25F5N8O2. The number of anilines is 1. The molecule has 0 bridgehead atoms. The molecule has 0 saturated carbocycles. The fourth-order valence-electron chi connectivity index (χ4n) is 5.00. The second-order valence-corrected chi connectivity index (χ2v) is 9.47. The highest BCUT2D eigenvalue weighted by atomic mass is 19.4. The molecule has 0 radical (unpaired) electrons. The van der Waals surface area contributed by atoms with Crippen molar-refractivity contribution in [1.82, 2.24) is 34.6 Å². The first-order valence-corrected chi connectivity index (χ1v) is 11.7. The van der Waals surface area contributed by atoms with Gasteiger partial charge in [0.25, 0.3) is 6.43 Å². The van der Waals surface area contributed by atoms with E-state index in [0.717, 1.165) is 17.5 Å². The van der Waals surface area contributed by atoms with Crippen molar-refractivity contribution in [3.8, 4) is 6.01 Å². The number of likely N-dealkylation sites (tertiary alicyclic amines) is 1. The largest absolute Gasteiger partial charge is 0.454 e. The van der Waals surface area contributed by atoms with Gasteiger partial charge in [-0.25, -0.2) is 28.4 Å². The number of rotatable bonds is 7. The van der Waals surface area contributed by atoms with Crippen LogP contribution in [0, 0.1) is 5.41 Å². The summed E-state index contributed by atoms with van der Waals surface area (Å²) in [5, 5.41) is 14.7. The number of halogens is 5. The summed E-state index contributed by atoms with van der Waals surface area (Å²) in [5.74, 6) is 0.584. The van der Waals surface area contributed by atoms with Crippen molar-refractivity contribution in [3.05, 3.63) is 30.4 Å². The van der Waals surface area contributed by atoms with Crippen LogP contribution in [-0.4, -0.2) is 84.8 Å². The van der Waals surface area contributed by atoms with Crippen molar-refractivity contribution in [3.63, 3.8) is 0 Å². The molecular weight excluding hydrogens is 503 g/mol. The van der Waals surface area contributed by atoms with Crippen molar-refractivity contribution in [2.45, 2.75) is 51.2 Å². The Balaban J connectivity index is 1.21. The van der Waals surface area contributed by atoms with Gasteiger partial charge >= 0.3 is 12.2 Å². The molecule has 0 amide bonds. The maximum atomic E-state index is 12.9. The predicted octanol–water partition coefficient (Wildman–Crippen LogP) is 2.63. The van der Waals surface area contributed by atoms with Crippen molar-refractivity contribution in [1.29, 1.82) is 0 Å². The van der Waals surface area contributed by atoms with Gasteiger partial charge in [-0.1, -0.05) is 0 Å². The van der Waals surface area contributed by atoms with Crippen LogP contribution in [0.1, 0.15) is 25.0 Å². The number of aliphatic hydroxyl groups excluding tert-OH is 1. The third kappa shape index (κ3) is 5.87. The highest BCUT2D eigenvalue weighted by molar-refractivity contribution is 5.71. The van der Waals surface area contributed by atoms with E-state index >= 15 is 0 Å². The number of hydrogen-bond acceptors (Lipinski definition) is 9.